The molecule has 0 bridgehead atoms. The van der Waals surface area contributed by atoms with E-state index >= 15 is 0 Å². The van der Waals surface area contributed by atoms with Crippen LogP contribution in [0.5, 0.6) is 11.5 Å². The molecule has 0 aromatic heterocycles. The molecule has 7 nitrogen and oxygen atoms in total. The van der Waals surface area contributed by atoms with Crippen LogP contribution in [0.1, 0.15) is 24.1 Å². The number of ketones is 1. The number of aliphatic hydroxyl groups excluding tert-OH is 1. The quantitative estimate of drug-likeness (QED) is 0.222. The molecule has 192 valence electrons. The minimum Gasteiger partial charge on any atom is -0.507 e. The molecule has 1 saturated heterocycles. The second kappa shape index (κ2) is 10.7. The Morgan fingerprint density at radius 1 is 1.05 bits per heavy atom. The fourth-order valence-electron chi connectivity index (χ4n) is 4.35. The molecular weight excluding hydrogens is 515 g/mol. The number of benzene rings is 3. The van der Waals surface area contributed by atoms with Crippen molar-refractivity contribution in [2.24, 2.45) is 0 Å². The van der Waals surface area contributed by atoms with Gasteiger partial charge in [-0.25, -0.2) is 0 Å². The van der Waals surface area contributed by atoms with E-state index in [0.717, 1.165) is 5.69 Å². The van der Waals surface area contributed by atoms with E-state index < -0.39 is 23.5 Å². The van der Waals surface area contributed by atoms with Crippen molar-refractivity contribution in [2.45, 2.75) is 13.0 Å². The number of anilines is 2. The average Bonchev–Trinajstić information content (AvgIpc) is 3.14. The lowest BCUT2D eigenvalue weighted by atomic mass is 9.94. The molecule has 1 fully saturated rings. The predicted molar refractivity (Wildman–Crippen MR) is 146 cm³/mol. The maximum absolute atomic E-state index is 13.5. The molecule has 1 unspecified atom stereocenters. The van der Waals surface area contributed by atoms with Crippen molar-refractivity contribution in [1.29, 1.82) is 0 Å². The van der Waals surface area contributed by atoms with Crippen LogP contribution in [0, 0.1) is 0 Å². The van der Waals surface area contributed by atoms with E-state index in [0.29, 0.717) is 23.6 Å². The molecule has 0 saturated carbocycles. The van der Waals surface area contributed by atoms with Crippen molar-refractivity contribution in [3.8, 4) is 11.5 Å². The van der Waals surface area contributed by atoms with Crippen LogP contribution < -0.4 is 19.3 Å². The Morgan fingerprint density at radius 2 is 1.76 bits per heavy atom. The summed E-state index contributed by atoms with van der Waals surface area (Å²) in [7, 11) is 5.21. The lowest BCUT2D eigenvalue weighted by molar-refractivity contribution is -0.132. The van der Waals surface area contributed by atoms with Gasteiger partial charge in [-0.3, -0.25) is 14.5 Å². The normalized spacial score (nSPS) is 16.7. The third kappa shape index (κ3) is 4.97. The zero-order valence-electron chi connectivity index (χ0n) is 20.8. The maximum atomic E-state index is 13.5. The van der Waals surface area contributed by atoms with Gasteiger partial charge < -0.3 is 19.5 Å². The fraction of sp³-hybridized carbons (Fsp3) is 0.214. The van der Waals surface area contributed by atoms with Crippen molar-refractivity contribution in [3.63, 3.8) is 0 Å². The number of carbonyl (C=O) groups excluding carboxylic acids is 2. The molecular formula is C28H26Cl2N2O5. The summed E-state index contributed by atoms with van der Waals surface area (Å²) in [4.78, 5) is 30.3. The standard InChI is InChI=1S/C28H26Cl2N2O5/c1-5-37-20-8-6-7-19(15-20)32-24(16-9-11-18(12-10-16)31(2)3)23(26(34)28(32)35)25(33)21-13-17(29)14-22(30)27(21)36-4/h6-15,24,33H,5H2,1-4H3/b25-23+. The lowest BCUT2D eigenvalue weighted by Gasteiger charge is -2.26. The average molecular weight is 541 g/mol. The summed E-state index contributed by atoms with van der Waals surface area (Å²) in [6.07, 6.45) is 0. The first-order chi connectivity index (χ1) is 17.7. The highest BCUT2D eigenvalue weighted by Crippen LogP contribution is 2.45. The highest BCUT2D eigenvalue weighted by Gasteiger charge is 2.47. The number of amides is 1. The summed E-state index contributed by atoms with van der Waals surface area (Å²) in [5.41, 5.74) is 2.00. The molecule has 0 aliphatic carbocycles. The number of Topliss-reactive ketones (excluding diaryl/α,β-unsaturated/α-hetero) is 1. The van der Waals surface area contributed by atoms with Crippen LogP contribution in [0.4, 0.5) is 11.4 Å². The minimum absolute atomic E-state index is 0.107. The van der Waals surface area contributed by atoms with E-state index in [1.807, 2.05) is 50.2 Å². The number of nitrogens with zero attached hydrogens (tertiary/aromatic N) is 2. The number of rotatable bonds is 7. The Hall–Kier alpha value is -3.68. The third-order valence-corrected chi connectivity index (χ3v) is 6.54. The van der Waals surface area contributed by atoms with Gasteiger partial charge in [-0.15, -0.1) is 0 Å². The van der Waals surface area contributed by atoms with Gasteiger partial charge in [0.2, 0.25) is 0 Å². The Kier molecular flexibility index (Phi) is 7.66. The van der Waals surface area contributed by atoms with Crippen LogP contribution in [0.3, 0.4) is 0 Å². The molecule has 0 spiro atoms. The molecule has 1 aliphatic rings. The van der Waals surface area contributed by atoms with E-state index in [9.17, 15) is 14.7 Å². The first-order valence-electron chi connectivity index (χ1n) is 11.5. The number of hydrogen-bond acceptors (Lipinski definition) is 6. The Labute approximate surface area is 225 Å². The number of carbonyl (C=O) groups is 2. The van der Waals surface area contributed by atoms with Gasteiger partial charge in [0, 0.05) is 36.6 Å². The van der Waals surface area contributed by atoms with Crippen LogP contribution in [-0.2, 0) is 9.59 Å². The first kappa shape index (κ1) is 26.4. The van der Waals surface area contributed by atoms with Gasteiger partial charge in [0.05, 0.1) is 35.9 Å². The maximum Gasteiger partial charge on any atom is 0.300 e. The number of aliphatic hydroxyl groups is 1. The van der Waals surface area contributed by atoms with Gasteiger partial charge in [-0.1, -0.05) is 41.4 Å². The number of hydrogen-bond donors (Lipinski definition) is 1. The van der Waals surface area contributed by atoms with Crippen LogP contribution in [-0.4, -0.2) is 44.6 Å². The Morgan fingerprint density at radius 3 is 2.38 bits per heavy atom. The van der Waals surface area contributed by atoms with E-state index in [1.54, 1.807) is 24.3 Å². The van der Waals surface area contributed by atoms with Gasteiger partial charge >= 0.3 is 0 Å². The number of ether oxygens (including phenoxy) is 2. The summed E-state index contributed by atoms with van der Waals surface area (Å²) in [6, 6.07) is 16.3. The Balaban J connectivity index is 1.98. The largest absolute Gasteiger partial charge is 0.507 e. The highest BCUT2D eigenvalue weighted by atomic mass is 35.5. The molecule has 3 aromatic rings. The number of halogens is 2. The third-order valence-electron chi connectivity index (χ3n) is 6.04. The van der Waals surface area contributed by atoms with Crippen LogP contribution in [0.15, 0.2) is 66.2 Å². The van der Waals surface area contributed by atoms with Crippen LogP contribution >= 0.6 is 23.2 Å². The SMILES string of the molecule is CCOc1cccc(N2C(=O)C(=O)/C(=C(/O)c3cc(Cl)cc(Cl)c3OC)C2c2ccc(N(C)C)cc2)c1. The molecule has 1 aliphatic heterocycles. The number of methoxy groups -OCH3 is 1. The molecule has 1 heterocycles. The first-order valence-corrected chi connectivity index (χ1v) is 12.3. The van der Waals surface area contributed by atoms with Crippen molar-refractivity contribution in [3.05, 3.63) is 87.4 Å². The zero-order chi connectivity index (χ0) is 26.9. The van der Waals surface area contributed by atoms with Crippen molar-refractivity contribution < 1.29 is 24.2 Å². The molecule has 0 radical (unpaired) electrons. The topological polar surface area (TPSA) is 79.3 Å². The minimum atomic E-state index is -0.935. The predicted octanol–water partition coefficient (Wildman–Crippen LogP) is 6.09. The van der Waals surface area contributed by atoms with Gasteiger partial charge in [0.25, 0.3) is 11.7 Å². The van der Waals surface area contributed by atoms with Gasteiger partial charge in [0.1, 0.15) is 17.3 Å². The second-order valence-corrected chi connectivity index (χ2v) is 9.40. The molecule has 1 atom stereocenters. The second-order valence-electron chi connectivity index (χ2n) is 8.55. The van der Waals surface area contributed by atoms with Crippen LogP contribution in [0.25, 0.3) is 5.76 Å². The van der Waals surface area contributed by atoms with Gasteiger partial charge in [0.15, 0.2) is 0 Å². The van der Waals surface area contributed by atoms with Crippen LogP contribution in [0.2, 0.25) is 10.0 Å². The van der Waals surface area contributed by atoms with Gasteiger partial charge in [-0.05, 0) is 48.9 Å². The molecule has 9 heteroatoms. The summed E-state index contributed by atoms with van der Waals surface area (Å²) in [5.74, 6) is -1.39. The lowest BCUT2D eigenvalue weighted by Crippen LogP contribution is -2.29. The summed E-state index contributed by atoms with van der Waals surface area (Å²) in [5, 5.41) is 11.9. The van der Waals surface area contributed by atoms with E-state index in [1.165, 1.54) is 24.1 Å². The summed E-state index contributed by atoms with van der Waals surface area (Å²) in [6.45, 7) is 2.29. The molecule has 3 aromatic carbocycles. The molecule has 1 amide bonds. The van der Waals surface area contributed by atoms with Crippen molar-refractivity contribution >= 4 is 52.0 Å². The summed E-state index contributed by atoms with van der Waals surface area (Å²) < 4.78 is 11.0. The van der Waals surface area contributed by atoms with E-state index in [-0.39, 0.29) is 26.9 Å². The summed E-state index contributed by atoms with van der Waals surface area (Å²) >= 11 is 12.5. The fourth-order valence-corrected chi connectivity index (χ4v) is 4.92. The van der Waals surface area contributed by atoms with E-state index in [4.69, 9.17) is 32.7 Å². The monoisotopic (exact) mass is 540 g/mol. The molecule has 4 rings (SSSR count). The smallest absolute Gasteiger partial charge is 0.300 e. The van der Waals surface area contributed by atoms with Crippen molar-refractivity contribution in [2.75, 3.05) is 37.6 Å². The van der Waals surface area contributed by atoms with Gasteiger partial charge in [-0.2, -0.15) is 0 Å². The zero-order valence-corrected chi connectivity index (χ0v) is 22.3. The van der Waals surface area contributed by atoms with E-state index in [2.05, 4.69) is 0 Å². The van der Waals surface area contributed by atoms with Crippen molar-refractivity contribution in [1.82, 2.24) is 0 Å². The molecule has 1 N–H and O–H groups in total. The Bertz CT molecular complexity index is 1390. The highest BCUT2D eigenvalue weighted by molar-refractivity contribution is 6.52. The molecule has 37 heavy (non-hydrogen) atoms.